The number of hydrogen-bond acceptors (Lipinski definition) is 6. The Labute approximate surface area is 203 Å². The fraction of sp³-hybridized carbons (Fsp3) is 0.304. The maximum Gasteiger partial charge on any atom is 0.573 e. The first-order valence-electron chi connectivity index (χ1n) is 10.8. The maximum absolute atomic E-state index is 12.9. The molecule has 0 unspecified atom stereocenters. The number of thiazole rings is 1. The van der Waals surface area contributed by atoms with Gasteiger partial charge in [0.25, 0.3) is 5.91 Å². The lowest BCUT2D eigenvalue weighted by Crippen LogP contribution is -2.31. The summed E-state index contributed by atoms with van der Waals surface area (Å²) in [7, 11) is 0. The number of pyridine rings is 1. The average molecular weight is 506 g/mol. The number of carbonyl (C=O) groups excluding carboxylic acids is 2. The molecule has 12 heteroatoms. The molecular formula is C23H22F3N5O3S. The zero-order valence-electron chi connectivity index (χ0n) is 18.7. The highest BCUT2D eigenvalue weighted by molar-refractivity contribution is 7.17. The van der Waals surface area contributed by atoms with Crippen LogP contribution in [0.25, 0.3) is 0 Å². The molecule has 3 heterocycles. The number of nitrogens with one attached hydrogen (secondary N) is 1. The second kappa shape index (κ2) is 10.3. The average Bonchev–Trinajstić information content (AvgIpc) is 3.37. The molecule has 8 nitrogen and oxygen atoms in total. The van der Waals surface area contributed by atoms with Crippen molar-refractivity contribution in [2.75, 3.05) is 24.5 Å². The van der Waals surface area contributed by atoms with Crippen molar-refractivity contribution in [1.29, 1.82) is 0 Å². The van der Waals surface area contributed by atoms with Crippen LogP contribution in [-0.2, 0) is 13.0 Å². The molecule has 3 aromatic rings. The molecule has 1 aliphatic rings. The Morgan fingerprint density at radius 3 is 2.63 bits per heavy atom. The van der Waals surface area contributed by atoms with E-state index in [0.717, 1.165) is 16.9 Å². The monoisotopic (exact) mass is 505 g/mol. The standard InChI is InChI=1S/C23H22F3N5O3S/c1-15-19(20(32)28-10-8-16-3-2-9-27-13-16)35-21(29-15)31-12-11-30(22(31)33)14-17-4-6-18(7-5-17)34-23(24,25)26/h2-7,9,13H,8,10-12,14H2,1H3,(H,28,32). The number of aryl methyl sites for hydroxylation is 1. The van der Waals surface area contributed by atoms with E-state index in [1.165, 1.54) is 29.2 Å². The van der Waals surface area contributed by atoms with Crippen LogP contribution < -0.4 is 15.0 Å². The van der Waals surface area contributed by atoms with Crippen LogP contribution in [0.2, 0.25) is 0 Å². The molecule has 1 fully saturated rings. The van der Waals surface area contributed by atoms with Crippen LogP contribution >= 0.6 is 11.3 Å². The van der Waals surface area contributed by atoms with Gasteiger partial charge in [-0.15, -0.1) is 13.2 Å². The highest BCUT2D eigenvalue weighted by atomic mass is 32.1. The summed E-state index contributed by atoms with van der Waals surface area (Å²) >= 11 is 1.15. The number of halogens is 3. The summed E-state index contributed by atoms with van der Waals surface area (Å²) in [4.78, 5) is 37.5. The number of nitrogens with zero attached hydrogens (tertiary/aromatic N) is 4. The highest BCUT2D eigenvalue weighted by Gasteiger charge is 2.33. The SMILES string of the molecule is Cc1nc(N2CCN(Cc3ccc(OC(F)(F)F)cc3)C2=O)sc1C(=O)NCCc1cccnc1. The van der Waals surface area contributed by atoms with E-state index in [2.05, 4.69) is 20.0 Å². The minimum Gasteiger partial charge on any atom is -0.406 e. The molecule has 0 spiro atoms. The summed E-state index contributed by atoms with van der Waals surface area (Å²) in [5.41, 5.74) is 2.22. The minimum absolute atomic E-state index is 0.230. The van der Waals surface area contributed by atoms with Crippen molar-refractivity contribution in [1.82, 2.24) is 20.2 Å². The normalized spacial score (nSPS) is 13.9. The Bertz CT molecular complexity index is 1190. The zero-order valence-corrected chi connectivity index (χ0v) is 19.5. The van der Waals surface area contributed by atoms with E-state index in [1.54, 1.807) is 24.2 Å². The van der Waals surface area contributed by atoms with Gasteiger partial charge in [0.1, 0.15) is 10.6 Å². The number of anilines is 1. The van der Waals surface area contributed by atoms with Gasteiger partial charge in [0.05, 0.1) is 5.69 Å². The zero-order chi connectivity index (χ0) is 25.0. The summed E-state index contributed by atoms with van der Waals surface area (Å²) in [5, 5.41) is 3.30. The van der Waals surface area contributed by atoms with Crippen LogP contribution in [0.5, 0.6) is 5.75 Å². The van der Waals surface area contributed by atoms with Gasteiger partial charge in [-0.1, -0.05) is 29.5 Å². The molecule has 4 rings (SSSR count). The third kappa shape index (κ3) is 6.27. The van der Waals surface area contributed by atoms with Crippen LogP contribution in [0.15, 0.2) is 48.8 Å². The second-order valence-corrected chi connectivity index (χ2v) is 8.80. The van der Waals surface area contributed by atoms with E-state index >= 15 is 0 Å². The van der Waals surface area contributed by atoms with Crippen LogP contribution in [0.1, 0.15) is 26.5 Å². The van der Waals surface area contributed by atoms with Crippen LogP contribution in [0.4, 0.5) is 23.1 Å². The van der Waals surface area contributed by atoms with Crippen LogP contribution in [0.3, 0.4) is 0 Å². The Morgan fingerprint density at radius 2 is 1.94 bits per heavy atom. The molecule has 35 heavy (non-hydrogen) atoms. The van der Waals surface area contributed by atoms with Gasteiger partial charge in [-0.2, -0.15) is 0 Å². The van der Waals surface area contributed by atoms with Gasteiger partial charge >= 0.3 is 12.4 Å². The molecule has 0 atom stereocenters. The van der Waals surface area contributed by atoms with E-state index in [-0.39, 0.29) is 24.2 Å². The second-order valence-electron chi connectivity index (χ2n) is 7.83. The van der Waals surface area contributed by atoms with Crippen molar-refractivity contribution in [2.24, 2.45) is 0 Å². The third-order valence-corrected chi connectivity index (χ3v) is 6.45. The number of ether oxygens (including phenoxy) is 1. The molecule has 0 bridgehead atoms. The molecule has 184 valence electrons. The number of urea groups is 1. The molecule has 0 aliphatic carbocycles. The van der Waals surface area contributed by atoms with Gasteiger partial charge in [-0.25, -0.2) is 9.78 Å². The lowest BCUT2D eigenvalue weighted by Gasteiger charge is -2.17. The van der Waals surface area contributed by atoms with E-state index in [4.69, 9.17) is 0 Å². The van der Waals surface area contributed by atoms with Gasteiger partial charge < -0.3 is 15.0 Å². The molecule has 3 amide bonds. The van der Waals surface area contributed by atoms with Gasteiger partial charge in [0, 0.05) is 38.6 Å². The highest BCUT2D eigenvalue weighted by Crippen LogP contribution is 2.30. The Kier molecular flexibility index (Phi) is 7.20. The topological polar surface area (TPSA) is 87.7 Å². The number of aromatic nitrogens is 2. The van der Waals surface area contributed by atoms with E-state index in [1.807, 2.05) is 12.1 Å². The molecule has 0 saturated carbocycles. The molecule has 1 saturated heterocycles. The molecule has 0 radical (unpaired) electrons. The Balaban J connectivity index is 1.34. The Hall–Kier alpha value is -3.67. The summed E-state index contributed by atoms with van der Waals surface area (Å²) in [6, 6.07) is 8.89. The fourth-order valence-electron chi connectivity index (χ4n) is 3.58. The number of carbonyl (C=O) groups is 2. The van der Waals surface area contributed by atoms with Crippen molar-refractivity contribution < 1.29 is 27.5 Å². The van der Waals surface area contributed by atoms with Gasteiger partial charge in [-0.3, -0.25) is 14.7 Å². The van der Waals surface area contributed by atoms with Crippen molar-refractivity contribution in [3.63, 3.8) is 0 Å². The summed E-state index contributed by atoms with van der Waals surface area (Å²) in [5.74, 6) is -0.570. The number of amides is 3. The number of hydrogen-bond donors (Lipinski definition) is 1. The Morgan fingerprint density at radius 1 is 1.17 bits per heavy atom. The van der Waals surface area contributed by atoms with Crippen molar-refractivity contribution in [2.45, 2.75) is 26.3 Å². The predicted octanol–water partition coefficient (Wildman–Crippen LogP) is 4.16. The molecular weight excluding hydrogens is 483 g/mol. The minimum atomic E-state index is -4.76. The lowest BCUT2D eigenvalue weighted by atomic mass is 10.2. The third-order valence-electron chi connectivity index (χ3n) is 5.27. The van der Waals surface area contributed by atoms with E-state index < -0.39 is 6.36 Å². The first-order valence-corrected chi connectivity index (χ1v) is 11.6. The summed E-state index contributed by atoms with van der Waals surface area (Å²) < 4.78 is 40.8. The van der Waals surface area contributed by atoms with Crippen molar-refractivity contribution in [3.05, 3.63) is 70.5 Å². The van der Waals surface area contributed by atoms with Gasteiger partial charge in [-0.05, 0) is 42.7 Å². The van der Waals surface area contributed by atoms with E-state index in [9.17, 15) is 22.8 Å². The van der Waals surface area contributed by atoms with Crippen molar-refractivity contribution in [3.8, 4) is 5.75 Å². The quantitative estimate of drug-likeness (QED) is 0.497. The van der Waals surface area contributed by atoms with E-state index in [0.29, 0.717) is 47.3 Å². The fourth-order valence-corrected chi connectivity index (χ4v) is 4.58. The number of benzene rings is 1. The first kappa shape index (κ1) is 24.5. The first-order chi connectivity index (χ1) is 16.7. The lowest BCUT2D eigenvalue weighted by molar-refractivity contribution is -0.274. The molecule has 2 aromatic heterocycles. The number of alkyl halides is 3. The predicted molar refractivity (Wildman–Crippen MR) is 123 cm³/mol. The van der Waals surface area contributed by atoms with Crippen LogP contribution in [-0.4, -0.2) is 52.8 Å². The van der Waals surface area contributed by atoms with Crippen molar-refractivity contribution >= 4 is 28.4 Å². The van der Waals surface area contributed by atoms with Gasteiger partial charge in [0.15, 0.2) is 5.13 Å². The number of rotatable bonds is 8. The van der Waals surface area contributed by atoms with Gasteiger partial charge in [0.2, 0.25) is 0 Å². The summed E-state index contributed by atoms with van der Waals surface area (Å²) in [6.45, 7) is 3.21. The molecule has 1 N–H and O–H groups in total. The molecule has 1 aromatic carbocycles. The summed E-state index contributed by atoms with van der Waals surface area (Å²) in [6.07, 6.45) is -0.674. The largest absolute Gasteiger partial charge is 0.573 e. The van der Waals surface area contributed by atoms with Crippen LogP contribution in [0, 0.1) is 6.92 Å². The maximum atomic E-state index is 12.9. The molecule has 1 aliphatic heterocycles. The smallest absolute Gasteiger partial charge is 0.406 e.